The van der Waals surface area contributed by atoms with Crippen molar-refractivity contribution in [3.05, 3.63) is 58.5 Å². The fourth-order valence-electron chi connectivity index (χ4n) is 2.56. The lowest BCUT2D eigenvalue weighted by Crippen LogP contribution is -2.36. The van der Waals surface area contributed by atoms with Crippen molar-refractivity contribution in [3.8, 4) is 0 Å². The molecule has 0 amide bonds. The molecule has 0 aliphatic rings. The zero-order valence-corrected chi connectivity index (χ0v) is 19.7. The first-order valence-corrected chi connectivity index (χ1v) is 9.06. The Hall–Kier alpha value is -2.28. The van der Waals surface area contributed by atoms with Crippen molar-refractivity contribution in [3.63, 3.8) is 0 Å². The Labute approximate surface area is 195 Å². The smallest absolute Gasteiger partial charge is 0.411 e. The van der Waals surface area contributed by atoms with Crippen LogP contribution in [0.3, 0.4) is 0 Å². The van der Waals surface area contributed by atoms with Crippen LogP contribution in [0.2, 0.25) is 0 Å². The summed E-state index contributed by atoms with van der Waals surface area (Å²) >= 11 is 0. The summed E-state index contributed by atoms with van der Waals surface area (Å²) in [6.45, 7) is 1.07. The maximum absolute atomic E-state index is 12.1. The third-order valence-electron chi connectivity index (χ3n) is 4.05. The van der Waals surface area contributed by atoms with Gasteiger partial charge in [-0.3, -0.25) is 4.99 Å². The van der Waals surface area contributed by atoms with Crippen LogP contribution in [0.4, 0.5) is 13.2 Å². The van der Waals surface area contributed by atoms with Gasteiger partial charge in [-0.25, -0.2) is 4.79 Å². The van der Waals surface area contributed by atoms with Gasteiger partial charge in [-0.1, -0.05) is 24.3 Å². The van der Waals surface area contributed by atoms with Gasteiger partial charge in [0.25, 0.3) is 0 Å². The van der Waals surface area contributed by atoms with Crippen LogP contribution in [0.25, 0.3) is 0 Å². The van der Waals surface area contributed by atoms with Crippen molar-refractivity contribution in [1.29, 1.82) is 0 Å². The highest BCUT2D eigenvalue weighted by Crippen LogP contribution is 2.16. The molecule has 1 aromatic heterocycles. The first-order chi connectivity index (χ1) is 14.2. The number of rotatable bonds is 8. The SMILES string of the molecule is CN=C(NCc1ccc(COCC(F)(F)F)cc1)NCc1cc(C(=O)OC)c(C)o1.I. The molecule has 0 aliphatic heterocycles. The Morgan fingerprint density at radius 3 is 2.32 bits per heavy atom. The summed E-state index contributed by atoms with van der Waals surface area (Å²) in [6, 6.07) is 8.63. The number of benzene rings is 1. The van der Waals surface area contributed by atoms with Gasteiger partial charge in [-0.15, -0.1) is 24.0 Å². The van der Waals surface area contributed by atoms with Gasteiger partial charge >= 0.3 is 12.1 Å². The number of halogens is 4. The maximum Gasteiger partial charge on any atom is 0.411 e. The molecule has 1 heterocycles. The number of alkyl halides is 3. The predicted molar refractivity (Wildman–Crippen MR) is 119 cm³/mol. The average molecular weight is 555 g/mol. The van der Waals surface area contributed by atoms with Gasteiger partial charge < -0.3 is 24.5 Å². The van der Waals surface area contributed by atoms with Crippen LogP contribution >= 0.6 is 24.0 Å². The Balaban J connectivity index is 0.00000480. The number of guanidine groups is 1. The summed E-state index contributed by atoms with van der Waals surface area (Å²) in [6.07, 6.45) is -4.33. The maximum atomic E-state index is 12.1. The molecule has 0 atom stereocenters. The number of nitrogens with zero attached hydrogens (tertiary/aromatic N) is 1. The number of hydrogen-bond acceptors (Lipinski definition) is 5. The second kappa shape index (κ2) is 12.5. The number of aliphatic imine (C=N–C) groups is 1. The van der Waals surface area contributed by atoms with E-state index in [9.17, 15) is 18.0 Å². The molecule has 11 heteroatoms. The van der Waals surface area contributed by atoms with E-state index in [4.69, 9.17) is 9.15 Å². The fourth-order valence-corrected chi connectivity index (χ4v) is 2.56. The van der Waals surface area contributed by atoms with Gasteiger partial charge in [-0.2, -0.15) is 13.2 Å². The number of hydrogen-bond donors (Lipinski definition) is 2. The van der Waals surface area contributed by atoms with Gasteiger partial charge in [0.15, 0.2) is 5.96 Å². The van der Waals surface area contributed by atoms with Crippen LogP contribution in [-0.4, -0.2) is 38.9 Å². The van der Waals surface area contributed by atoms with E-state index >= 15 is 0 Å². The lowest BCUT2D eigenvalue weighted by atomic mass is 10.1. The molecule has 0 radical (unpaired) electrons. The number of carbonyl (C=O) groups excluding carboxylic acids is 1. The number of carbonyl (C=O) groups is 1. The highest BCUT2D eigenvalue weighted by atomic mass is 127. The van der Waals surface area contributed by atoms with Crippen molar-refractivity contribution in [2.75, 3.05) is 20.8 Å². The Morgan fingerprint density at radius 2 is 1.74 bits per heavy atom. The minimum absolute atomic E-state index is 0. The molecule has 31 heavy (non-hydrogen) atoms. The van der Waals surface area contributed by atoms with Crippen LogP contribution in [-0.2, 0) is 29.2 Å². The third kappa shape index (κ3) is 9.17. The van der Waals surface area contributed by atoms with E-state index in [1.807, 2.05) is 0 Å². The topological polar surface area (TPSA) is 85.1 Å². The molecule has 0 unspecified atom stereocenters. The number of nitrogens with one attached hydrogen (secondary N) is 2. The second-order valence-electron chi connectivity index (χ2n) is 6.38. The molecule has 0 fully saturated rings. The minimum atomic E-state index is -4.33. The lowest BCUT2D eigenvalue weighted by Gasteiger charge is -2.12. The summed E-state index contributed by atoms with van der Waals surface area (Å²) in [5.41, 5.74) is 1.94. The molecule has 2 aromatic rings. The lowest BCUT2D eigenvalue weighted by molar-refractivity contribution is -0.176. The normalized spacial score (nSPS) is 11.6. The monoisotopic (exact) mass is 555 g/mol. The van der Waals surface area contributed by atoms with Crippen LogP contribution in [0.1, 0.15) is 33.0 Å². The standard InChI is InChI=1S/C20H24F3N3O4.HI/c1-13-17(18(27)28-3)8-16(30-13)10-26-19(24-2)25-9-14-4-6-15(7-5-14)11-29-12-20(21,22)23;/h4-8H,9-12H2,1-3H3,(H2,24,25,26);1H. The second-order valence-corrected chi connectivity index (χ2v) is 6.38. The Morgan fingerprint density at radius 1 is 1.13 bits per heavy atom. The first-order valence-electron chi connectivity index (χ1n) is 9.06. The molecule has 172 valence electrons. The summed E-state index contributed by atoms with van der Waals surface area (Å²) in [5.74, 6) is 1.08. The first kappa shape index (κ1) is 26.8. The Bertz CT molecular complexity index is 868. The van der Waals surface area contributed by atoms with E-state index in [-0.39, 0.29) is 30.6 Å². The van der Waals surface area contributed by atoms with E-state index in [2.05, 4.69) is 20.4 Å². The summed E-state index contributed by atoms with van der Waals surface area (Å²) < 4.78 is 51.2. The highest BCUT2D eigenvalue weighted by molar-refractivity contribution is 14.0. The number of aryl methyl sites for hydroxylation is 1. The van der Waals surface area contributed by atoms with Crippen molar-refractivity contribution in [2.24, 2.45) is 4.99 Å². The van der Waals surface area contributed by atoms with Gasteiger partial charge in [0.2, 0.25) is 0 Å². The van der Waals surface area contributed by atoms with Gasteiger partial charge in [0.05, 0.1) is 20.3 Å². The van der Waals surface area contributed by atoms with Crippen molar-refractivity contribution >= 4 is 35.9 Å². The molecule has 0 aliphatic carbocycles. The van der Waals surface area contributed by atoms with Gasteiger partial charge in [0.1, 0.15) is 23.7 Å². The van der Waals surface area contributed by atoms with Crippen molar-refractivity contribution in [1.82, 2.24) is 10.6 Å². The molecule has 1 aromatic carbocycles. The number of methoxy groups -OCH3 is 1. The summed E-state index contributed by atoms with van der Waals surface area (Å²) in [5, 5.41) is 6.19. The largest absolute Gasteiger partial charge is 0.465 e. The van der Waals surface area contributed by atoms with Crippen LogP contribution in [0.5, 0.6) is 0 Å². The average Bonchev–Trinajstić information content (AvgIpc) is 3.08. The molecular formula is C20H25F3IN3O4. The zero-order chi connectivity index (χ0) is 22.1. The van der Waals surface area contributed by atoms with E-state index in [0.29, 0.717) is 41.7 Å². The van der Waals surface area contributed by atoms with E-state index < -0.39 is 18.8 Å². The Kier molecular flexibility index (Phi) is 10.8. The predicted octanol–water partition coefficient (Wildman–Crippen LogP) is 3.94. The molecular weight excluding hydrogens is 530 g/mol. The highest BCUT2D eigenvalue weighted by Gasteiger charge is 2.27. The molecule has 0 spiro atoms. The van der Waals surface area contributed by atoms with Crippen molar-refractivity contribution < 1.29 is 31.9 Å². The van der Waals surface area contributed by atoms with E-state index in [1.165, 1.54) is 7.11 Å². The van der Waals surface area contributed by atoms with Crippen molar-refractivity contribution in [2.45, 2.75) is 32.8 Å². The van der Waals surface area contributed by atoms with Crippen LogP contribution in [0, 0.1) is 6.92 Å². The molecule has 0 saturated carbocycles. The number of esters is 1. The number of ether oxygens (including phenoxy) is 2. The number of furan rings is 1. The molecule has 0 bridgehead atoms. The third-order valence-corrected chi connectivity index (χ3v) is 4.05. The summed E-state index contributed by atoms with van der Waals surface area (Å²) in [7, 11) is 2.92. The zero-order valence-electron chi connectivity index (χ0n) is 17.3. The van der Waals surface area contributed by atoms with Crippen LogP contribution in [0.15, 0.2) is 39.7 Å². The van der Waals surface area contributed by atoms with E-state index in [0.717, 1.165) is 5.56 Å². The van der Waals surface area contributed by atoms with Gasteiger partial charge in [-0.05, 0) is 24.1 Å². The molecule has 2 rings (SSSR count). The van der Waals surface area contributed by atoms with E-state index in [1.54, 1.807) is 44.3 Å². The molecule has 0 saturated heterocycles. The summed E-state index contributed by atoms with van der Waals surface area (Å²) in [4.78, 5) is 15.7. The van der Waals surface area contributed by atoms with Crippen LogP contribution < -0.4 is 10.6 Å². The fraction of sp³-hybridized carbons (Fsp3) is 0.400. The molecule has 2 N–H and O–H groups in total. The van der Waals surface area contributed by atoms with Gasteiger partial charge in [0, 0.05) is 13.6 Å². The minimum Gasteiger partial charge on any atom is -0.465 e. The quantitative estimate of drug-likeness (QED) is 0.222. The molecule has 7 nitrogen and oxygen atoms in total.